The lowest BCUT2D eigenvalue weighted by atomic mass is 10.1. The molecule has 1 fully saturated rings. The minimum Gasteiger partial charge on any atom is -0.342 e. The molecule has 0 aromatic rings. The monoisotopic (exact) mass is 211 g/mol. The predicted molar refractivity (Wildman–Crippen MR) is 59.6 cm³/mol. The van der Waals surface area contributed by atoms with Gasteiger partial charge in [-0.25, -0.2) is 0 Å². The molecule has 0 aromatic carbocycles. The molecule has 1 heterocycles. The molecule has 0 spiro atoms. The predicted octanol–water partition coefficient (Wildman–Crippen LogP) is 2.15. The molecular formula is C12H21NO2. The van der Waals surface area contributed by atoms with Crippen molar-refractivity contribution < 1.29 is 9.59 Å². The van der Waals surface area contributed by atoms with E-state index in [2.05, 4.69) is 6.92 Å². The molecule has 3 heteroatoms. The van der Waals surface area contributed by atoms with Gasteiger partial charge in [0, 0.05) is 19.5 Å². The quantitative estimate of drug-likeness (QED) is 0.653. The van der Waals surface area contributed by atoms with Gasteiger partial charge in [-0.05, 0) is 25.7 Å². The third kappa shape index (κ3) is 4.45. The maximum atomic E-state index is 11.7. The van der Waals surface area contributed by atoms with Gasteiger partial charge in [0.05, 0.1) is 6.42 Å². The van der Waals surface area contributed by atoms with E-state index in [-0.39, 0.29) is 18.1 Å². The van der Waals surface area contributed by atoms with E-state index >= 15 is 0 Å². The van der Waals surface area contributed by atoms with E-state index in [1.54, 1.807) is 0 Å². The molecule has 0 atom stereocenters. The highest BCUT2D eigenvalue weighted by Crippen LogP contribution is 2.10. The average molecular weight is 211 g/mol. The Bertz CT molecular complexity index is 220. The van der Waals surface area contributed by atoms with Gasteiger partial charge in [0.25, 0.3) is 0 Å². The van der Waals surface area contributed by atoms with Crippen LogP contribution >= 0.6 is 0 Å². The number of hydrogen-bond donors (Lipinski definition) is 0. The Balaban J connectivity index is 2.24. The second-order valence-corrected chi connectivity index (χ2v) is 4.26. The normalized spacial score (nSPS) is 16.5. The molecule has 3 nitrogen and oxygen atoms in total. The van der Waals surface area contributed by atoms with Crippen LogP contribution in [0.4, 0.5) is 0 Å². The minimum atomic E-state index is 0.0378. The third-order valence-electron chi connectivity index (χ3n) is 2.87. The summed E-state index contributed by atoms with van der Waals surface area (Å²) in [5.74, 6) is 0.142. The number of ketones is 1. The van der Waals surface area contributed by atoms with Crippen LogP contribution in [0.15, 0.2) is 0 Å². The molecule has 1 aliphatic rings. The lowest BCUT2D eigenvalue weighted by Gasteiger charge is -2.26. The Morgan fingerprint density at radius 2 is 1.80 bits per heavy atom. The summed E-state index contributed by atoms with van der Waals surface area (Å²) in [5.41, 5.74) is 0. The van der Waals surface area contributed by atoms with Crippen molar-refractivity contribution in [2.24, 2.45) is 0 Å². The van der Waals surface area contributed by atoms with Crippen molar-refractivity contribution in [1.29, 1.82) is 0 Å². The van der Waals surface area contributed by atoms with Crippen LogP contribution in [0.3, 0.4) is 0 Å². The molecule has 1 amide bonds. The van der Waals surface area contributed by atoms with E-state index < -0.39 is 0 Å². The Labute approximate surface area is 91.8 Å². The van der Waals surface area contributed by atoms with Crippen molar-refractivity contribution in [1.82, 2.24) is 4.90 Å². The van der Waals surface area contributed by atoms with E-state index in [4.69, 9.17) is 0 Å². The summed E-state index contributed by atoms with van der Waals surface area (Å²) in [6.45, 7) is 3.75. The van der Waals surface area contributed by atoms with E-state index in [1.165, 1.54) is 6.42 Å². The highest BCUT2D eigenvalue weighted by molar-refractivity contribution is 5.97. The standard InChI is InChI=1S/C12H21NO2/c1-2-3-7-11(14)10-12(15)13-8-5-4-6-9-13/h2-10H2,1H3. The maximum Gasteiger partial charge on any atom is 0.230 e. The van der Waals surface area contributed by atoms with Gasteiger partial charge in [-0.1, -0.05) is 13.3 Å². The van der Waals surface area contributed by atoms with Gasteiger partial charge in [0.2, 0.25) is 5.91 Å². The Kier molecular flexibility index (Phi) is 5.37. The van der Waals surface area contributed by atoms with E-state index in [9.17, 15) is 9.59 Å². The summed E-state index contributed by atoms with van der Waals surface area (Å²) in [7, 11) is 0. The fraction of sp³-hybridized carbons (Fsp3) is 0.833. The van der Waals surface area contributed by atoms with Gasteiger partial charge in [0.15, 0.2) is 0 Å². The highest BCUT2D eigenvalue weighted by atomic mass is 16.2. The Morgan fingerprint density at radius 1 is 1.13 bits per heavy atom. The Morgan fingerprint density at radius 3 is 2.40 bits per heavy atom. The van der Waals surface area contributed by atoms with Gasteiger partial charge in [-0.2, -0.15) is 0 Å². The third-order valence-corrected chi connectivity index (χ3v) is 2.87. The average Bonchev–Trinajstić information content (AvgIpc) is 2.27. The number of Topliss-reactive ketones (excluding diaryl/α,β-unsaturated/α-hetero) is 1. The van der Waals surface area contributed by atoms with Crippen molar-refractivity contribution in [3.05, 3.63) is 0 Å². The number of piperidine rings is 1. The maximum absolute atomic E-state index is 11.7. The second kappa shape index (κ2) is 6.59. The van der Waals surface area contributed by atoms with Gasteiger partial charge in [-0.3, -0.25) is 9.59 Å². The first-order chi connectivity index (χ1) is 7.24. The molecule has 0 saturated carbocycles. The van der Waals surface area contributed by atoms with Crippen molar-refractivity contribution in [3.8, 4) is 0 Å². The Hall–Kier alpha value is -0.860. The molecule has 0 unspecified atom stereocenters. The van der Waals surface area contributed by atoms with Crippen LogP contribution in [0.5, 0.6) is 0 Å². The van der Waals surface area contributed by atoms with Crippen molar-refractivity contribution in [2.45, 2.75) is 51.9 Å². The lowest BCUT2D eigenvalue weighted by Crippen LogP contribution is -2.36. The molecule has 0 aromatic heterocycles. The second-order valence-electron chi connectivity index (χ2n) is 4.26. The van der Waals surface area contributed by atoms with Crippen molar-refractivity contribution in [3.63, 3.8) is 0 Å². The van der Waals surface area contributed by atoms with Crippen LogP contribution in [-0.2, 0) is 9.59 Å². The van der Waals surface area contributed by atoms with Crippen molar-refractivity contribution in [2.75, 3.05) is 13.1 Å². The zero-order chi connectivity index (χ0) is 11.1. The highest BCUT2D eigenvalue weighted by Gasteiger charge is 2.18. The molecule has 0 aliphatic carbocycles. The van der Waals surface area contributed by atoms with Crippen LogP contribution in [-0.4, -0.2) is 29.7 Å². The van der Waals surface area contributed by atoms with Crippen LogP contribution in [0.25, 0.3) is 0 Å². The summed E-state index contributed by atoms with van der Waals surface area (Å²) in [6, 6.07) is 0. The van der Waals surface area contributed by atoms with Crippen molar-refractivity contribution >= 4 is 11.7 Å². The number of carbonyl (C=O) groups is 2. The first kappa shape index (κ1) is 12.2. The first-order valence-electron chi connectivity index (χ1n) is 6.03. The summed E-state index contributed by atoms with van der Waals surface area (Å²) in [5, 5.41) is 0. The van der Waals surface area contributed by atoms with Gasteiger partial charge in [-0.15, -0.1) is 0 Å². The smallest absolute Gasteiger partial charge is 0.230 e. The fourth-order valence-corrected chi connectivity index (χ4v) is 1.89. The van der Waals surface area contributed by atoms with Gasteiger partial charge >= 0.3 is 0 Å². The summed E-state index contributed by atoms with van der Waals surface area (Å²) >= 11 is 0. The van der Waals surface area contributed by atoms with E-state index in [0.29, 0.717) is 6.42 Å². The summed E-state index contributed by atoms with van der Waals surface area (Å²) in [4.78, 5) is 24.9. The van der Waals surface area contributed by atoms with Crippen LogP contribution < -0.4 is 0 Å². The lowest BCUT2D eigenvalue weighted by molar-refractivity contribution is -0.136. The number of hydrogen-bond acceptors (Lipinski definition) is 2. The number of amides is 1. The molecule has 1 aliphatic heterocycles. The van der Waals surface area contributed by atoms with Crippen LogP contribution in [0.2, 0.25) is 0 Å². The minimum absolute atomic E-state index is 0.0378. The number of nitrogens with zero attached hydrogens (tertiary/aromatic N) is 1. The zero-order valence-corrected chi connectivity index (χ0v) is 9.63. The van der Waals surface area contributed by atoms with Crippen LogP contribution in [0.1, 0.15) is 51.9 Å². The largest absolute Gasteiger partial charge is 0.342 e. The summed E-state index contributed by atoms with van der Waals surface area (Å²) in [6.07, 6.45) is 6.02. The first-order valence-corrected chi connectivity index (χ1v) is 6.03. The van der Waals surface area contributed by atoms with Gasteiger partial charge < -0.3 is 4.90 Å². The zero-order valence-electron chi connectivity index (χ0n) is 9.63. The molecule has 1 rings (SSSR count). The molecule has 0 bridgehead atoms. The van der Waals surface area contributed by atoms with E-state index in [0.717, 1.165) is 38.8 Å². The number of carbonyl (C=O) groups excluding carboxylic acids is 2. The topological polar surface area (TPSA) is 37.4 Å². The molecule has 0 radical (unpaired) electrons. The number of rotatable bonds is 5. The van der Waals surface area contributed by atoms with Crippen LogP contribution in [0, 0.1) is 0 Å². The molecule has 0 N–H and O–H groups in total. The molecule has 86 valence electrons. The SMILES string of the molecule is CCCCC(=O)CC(=O)N1CCCCC1. The number of likely N-dealkylation sites (tertiary alicyclic amines) is 1. The van der Waals surface area contributed by atoms with Gasteiger partial charge in [0.1, 0.15) is 5.78 Å². The number of unbranched alkanes of at least 4 members (excludes halogenated alkanes) is 1. The fourth-order valence-electron chi connectivity index (χ4n) is 1.89. The summed E-state index contributed by atoms with van der Waals surface area (Å²) < 4.78 is 0. The van der Waals surface area contributed by atoms with E-state index in [1.807, 2.05) is 4.90 Å². The molecule has 15 heavy (non-hydrogen) atoms. The molecule has 1 saturated heterocycles. The molecular weight excluding hydrogens is 190 g/mol.